The Labute approximate surface area is 185 Å². The average molecular weight is 443 g/mol. The molecule has 0 radical (unpaired) electrons. The number of para-hydroxylation sites is 1. The van der Waals surface area contributed by atoms with Crippen LogP contribution in [0.25, 0.3) is 0 Å². The molecule has 2 aliphatic rings. The molecule has 2 N–H and O–H groups in total. The van der Waals surface area contributed by atoms with E-state index in [4.69, 9.17) is 19.7 Å². The number of nitrogens with one attached hydrogen (secondary N) is 2. The molecule has 0 bridgehead atoms. The predicted octanol–water partition coefficient (Wildman–Crippen LogP) is 4.55. The molecule has 0 spiro atoms. The van der Waals surface area contributed by atoms with Crippen molar-refractivity contribution in [1.29, 1.82) is 0 Å². The number of aliphatic imine (C=N–C) groups is 1. The highest BCUT2D eigenvalue weighted by Crippen LogP contribution is 2.36. The molecular weight excluding hydrogens is 416 g/mol. The third-order valence-corrected chi connectivity index (χ3v) is 6.38. The zero-order chi connectivity index (χ0) is 21.1. The summed E-state index contributed by atoms with van der Waals surface area (Å²) in [4.78, 5) is 14.4. The van der Waals surface area contributed by atoms with Crippen LogP contribution >= 0.6 is 23.5 Å². The number of hydrazine groups is 1. The van der Waals surface area contributed by atoms with Crippen molar-refractivity contribution < 1.29 is 4.74 Å². The lowest BCUT2D eigenvalue weighted by Gasteiger charge is -2.38. The number of nitrogens with zero attached hydrogens (tertiary/aromatic N) is 4. The van der Waals surface area contributed by atoms with Crippen LogP contribution in [0.4, 0.5) is 5.82 Å². The fourth-order valence-corrected chi connectivity index (χ4v) is 4.55. The summed E-state index contributed by atoms with van der Waals surface area (Å²) in [7, 11) is 0. The second-order valence-corrected chi connectivity index (χ2v) is 9.13. The quantitative estimate of drug-likeness (QED) is 0.280. The lowest BCUT2D eigenvalue weighted by Crippen LogP contribution is -2.55. The molecule has 30 heavy (non-hydrogen) atoms. The normalized spacial score (nSPS) is 18.6. The fourth-order valence-electron chi connectivity index (χ4n) is 3.22. The van der Waals surface area contributed by atoms with E-state index >= 15 is 0 Å². The van der Waals surface area contributed by atoms with Crippen molar-refractivity contribution in [3.05, 3.63) is 48.0 Å². The first kappa shape index (κ1) is 20.9. The summed E-state index contributed by atoms with van der Waals surface area (Å²) in [5.41, 5.74) is 4.30. The lowest BCUT2D eigenvalue weighted by atomic mass is 10.1. The highest BCUT2D eigenvalue weighted by atomic mass is 32.2. The highest BCUT2D eigenvalue weighted by Gasteiger charge is 2.39. The smallest absolute Gasteiger partial charge is 0.190 e. The summed E-state index contributed by atoms with van der Waals surface area (Å²) >= 11 is 3.30. The van der Waals surface area contributed by atoms with Crippen LogP contribution in [0.5, 0.6) is 5.75 Å². The molecule has 0 saturated heterocycles. The van der Waals surface area contributed by atoms with Gasteiger partial charge in [0.2, 0.25) is 0 Å². The van der Waals surface area contributed by atoms with Gasteiger partial charge in [-0.25, -0.2) is 20.0 Å². The van der Waals surface area contributed by atoms with Crippen LogP contribution < -0.4 is 15.5 Å². The summed E-state index contributed by atoms with van der Waals surface area (Å²) in [6.45, 7) is 6.51. The van der Waals surface area contributed by atoms with Gasteiger partial charge in [-0.3, -0.25) is 5.43 Å². The van der Waals surface area contributed by atoms with Crippen LogP contribution in [0.3, 0.4) is 0 Å². The van der Waals surface area contributed by atoms with Gasteiger partial charge in [-0.2, -0.15) is 0 Å². The minimum absolute atomic E-state index is 0.00695. The number of amidine groups is 1. The molecule has 1 atom stereocenters. The van der Waals surface area contributed by atoms with Crippen molar-refractivity contribution in [3.63, 3.8) is 0 Å². The standard InChI is InChI=1S/C21H26N6OS2/c1-5-11-30-21-24-17-16(20(25-21)29-4)19-22-15(12-28-14-9-7-6-8-10-14)26-27(19)18(23-17)13(2)3/h6-10,12-13,18,26H,5,11H2,1-4H3,(H,23,24,25). The van der Waals surface area contributed by atoms with Crippen molar-refractivity contribution in [2.24, 2.45) is 10.9 Å². The fraction of sp³-hybridized carbons (Fsp3) is 0.381. The maximum Gasteiger partial charge on any atom is 0.190 e. The number of hydrogen-bond donors (Lipinski definition) is 2. The third kappa shape index (κ3) is 4.22. The summed E-state index contributed by atoms with van der Waals surface area (Å²) in [5.74, 6) is 4.39. The first-order valence-corrected chi connectivity index (χ1v) is 12.2. The van der Waals surface area contributed by atoms with Gasteiger partial charge in [0, 0.05) is 5.75 Å². The molecule has 0 aliphatic carbocycles. The van der Waals surface area contributed by atoms with Gasteiger partial charge < -0.3 is 10.1 Å². The van der Waals surface area contributed by atoms with Crippen molar-refractivity contribution in [2.75, 3.05) is 17.3 Å². The Morgan fingerprint density at radius 3 is 2.73 bits per heavy atom. The van der Waals surface area contributed by atoms with Gasteiger partial charge in [0.05, 0.1) is 5.56 Å². The molecule has 7 nitrogen and oxygen atoms in total. The average Bonchev–Trinajstić information content (AvgIpc) is 3.19. The van der Waals surface area contributed by atoms with Crippen LogP contribution in [0, 0.1) is 5.92 Å². The van der Waals surface area contributed by atoms with Crippen LogP contribution in [0.2, 0.25) is 0 Å². The van der Waals surface area contributed by atoms with E-state index in [2.05, 4.69) is 36.5 Å². The maximum absolute atomic E-state index is 5.78. The second kappa shape index (κ2) is 9.18. The molecule has 0 fully saturated rings. The first-order valence-electron chi connectivity index (χ1n) is 10.0. The van der Waals surface area contributed by atoms with E-state index in [1.165, 1.54) is 0 Å². The predicted molar refractivity (Wildman–Crippen MR) is 124 cm³/mol. The molecule has 4 rings (SSSR count). The number of aromatic nitrogens is 2. The lowest BCUT2D eigenvalue weighted by molar-refractivity contribution is 0.231. The number of anilines is 1. The van der Waals surface area contributed by atoms with Crippen molar-refractivity contribution in [3.8, 4) is 5.75 Å². The summed E-state index contributed by atoms with van der Waals surface area (Å²) < 4.78 is 5.78. The van der Waals surface area contributed by atoms with E-state index in [1.807, 2.05) is 36.6 Å². The summed E-state index contributed by atoms with van der Waals surface area (Å²) in [6, 6.07) is 9.67. The molecule has 0 amide bonds. The SMILES string of the molecule is CCCSc1nc2c(c(SC)n1)C1=NC(=COc3ccccc3)NN1C(C(C)C)N2. The van der Waals surface area contributed by atoms with Gasteiger partial charge in [0.25, 0.3) is 0 Å². The van der Waals surface area contributed by atoms with Crippen LogP contribution in [-0.4, -0.2) is 39.0 Å². The number of hydrogen-bond acceptors (Lipinski definition) is 9. The Bertz CT molecular complexity index is 963. The maximum atomic E-state index is 5.78. The summed E-state index contributed by atoms with van der Waals surface area (Å²) in [5, 5.41) is 7.37. The van der Waals surface area contributed by atoms with Gasteiger partial charge in [0.15, 0.2) is 16.8 Å². The Hall–Kier alpha value is -2.39. The van der Waals surface area contributed by atoms with Crippen LogP contribution in [0.1, 0.15) is 32.8 Å². The zero-order valence-electron chi connectivity index (χ0n) is 17.5. The van der Waals surface area contributed by atoms with E-state index in [1.54, 1.807) is 29.8 Å². The Morgan fingerprint density at radius 2 is 2.03 bits per heavy atom. The van der Waals surface area contributed by atoms with E-state index < -0.39 is 0 Å². The molecule has 1 unspecified atom stereocenters. The minimum atomic E-state index is 0.00695. The molecule has 1 aromatic carbocycles. The van der Waals surface area contributed by atoms with E-state index in [-0.39, 0.29) is 6.17 Å². The first-order chi connectivity index (χ1) is 14.6. The number of ether oxygens (including phenoxy) is 1. The summed E-state index contributed by atoms with van der Waals surface area (Å²) in [6.07, 6.45) is 4.77. The van der Waals surface area contributed by atoms with Crippen molar-refractivity contribution >= 4 is 35.2 Å². The van der Waals surface area contributed by atoms with Gasteiger partial charge >= 0.3 is 0 Å². The Balaban J connectivity index is 1.71. The van der Waals surface area contributed by atoms with Crippen molar-refractivity contribution in [1.82, 2.24) is 20.4 Å². The van der Waals surface area contributed by atoms with Crippen LogP contribution in [0.15, 0.2) is 57.6 Å². The molecule has 1 aromatic heterocycles. The van der Waals surface area contributed by atoms with Gasteiger partial charge in [-0.1, -0.05) is 50.7 Å². The highest BCUT2D eigenvalue weighted by molar-refractivity contribution is 7.99. The molecule has 0 saturated carbocycles. The zero-order valence-corrected chi connectivity index (χ0v) is 19.2. The number of benzene rings is 1. The largest absolute Gasteiger partial charge is 0.461 e. The van der Waals surface area contributed by atoms with Gasteiger partial charge in [0.1, 0.15) is 29.0 Å². The monoisotopic (exact) mass is 442 g/mol. The van der Waals surface area contributed by atoms with E-state index in [9.17, 15) is 0 Å². The molecular formula is C21H26N6OS2. The number of thioether (sulfide) groups is 2. The Kier molecular flexibility index (Phi) is 6.38. The molecule has 9 heteroatoms. The number of rotatable bonds is 7. The van der Waals surface area contributed by atoms with E-state index in [0.717, 1.165) is 45.3 Å². The van der Waals surface area contributed by atoms with Gasteiger partial charge in [-0.15, -0.1) is 11.8 Å². The third-order valence-electron chi connectivity index (χ3n) is 4.64. The van der Waals surface area contributed by atoms with Crippen molar-refractivity contribution in [2.45, 2.75) is 43.5 Å². The topological polar surface area (TPSA) is 74.7 Å². The molecule has 3 heterocycles. The Morgan fingerprint density at radius 1 is 1.23 bits per heavy atom. The minimum Gasteiger partial charge on any atom is -0.461 e. The second-order valence-electron chi connectivity index (χ2n) is 7.27. The molecule has 158 valence electrons. The van der Waals surface area contributed by atoms with Gasteiger partial charge in [-0.05, 0) is 30.7 Å². The molecule has 2 aromatic rings. The van der Waals surface area contributed by atoms with E-state index in [0.29, 0.717) is 11.7 Å². The number of fused-ring (bicyclic) bond motifs is 3. The molecule has 2 aliphatic heterocycles. The van der Waals surface area contributed by atoms with Crippen LogP contribution in [-0.2, 0) is 0 Å².